The van der Waals surface area contributed by atoms with Crippen LogP contribution in [0.5, 0.6) is 0 Å². The van der Waals surface area contributed by atoms with E-state index in [1.165, 1.54) is 4.68 Å². The molecule has 0 N–H and O–H groups in total. The zero-order valence-electron chi connectivity index (χ0n) is 11.5. The monoisotopic (exact) mass is 303 g/mol. The van der Waals surface area contributed by atoms with Crippen molar-refractivity contribution in [2.24, 2.45) is 0 Å². The van der Waals surface area contributed by atoms with Gasteiger partial charge in [0.05, 0.1) is 5.39 Å². The van der Waals surface area contributed by atoms with E-state index in [9.17, 15) is 4.79 Å². The molecule has 108 valence electrons. The number of hydrogen-bond donors (Lipinski definition) is 0. The van der Waals surface area contributed by atoms with Gasteiger partial charge in [-0.25, -0.2) is 4.68 Å². The molecule has 0 amide bonds. The molecule has 0 aliphatic heterocycles. The minimum absolute atomic E-state index is 0.111. The van der Waals surface area contributed by atoms with Crippen LogP contribution in [-0.2, 0) is 6.54 Å². The molecule has 0 aliphatic rings. The molecule has 0 fully saturated rings. The van der Waals surface area contributed by atoms with Crippen molar-refractivity contribution >= 4 is 22.4 Å². The van der Waals surface area contributed by atoms with Crippen molar-refractivity contribution in [2.75, 3.05) is 5.88 Å². The Kier molecular flexibility index (Phi) is 3.75. The van der Waals surface area contributed by atoms with E-state index in [0.29, 0.717) is 41.4 Å². The number of benzene rings is 1. The van der Waals surface area contributed by atoms with Gasteiger partial charge in [-0.05, 0) is 19.4 Å². The quantitative estimate of drug-likeness (QED) is 0.695. The van der Waals surface area contributed by atoms with Gasteiger partial charge in [0.1, 0.15) is 17.1 Å². The molecule has 0 saturated heterocycles. The van der Waals surface area contributed by atoms with Crippen LogP contribution in [0.1, 0.15) is 12.2 Å². The maximum Gasteiger partial charge on any atom is 0.274 e. The van der Waals surface area contributed by atoms with Crippen LogP contribution < -0.4 is 5.56 Å². The fourth-order valence-corrected chi connectivity index (χ4v) is 2.38. The van der Waals surface area contributed by atoms with Crippen molar-refractivity contribution in [1.29, 1.82) is 0 Å². The predicted octanol–water partition coefficient (Wildman–Crippen LogP) is 2.99. The summed E-state index contributed by atoms with van der Waals surface area (Å²) >= 11 is 5.71. The zero-order chi connectivity index (χ0) is 14.8. The maximum absolute atomic E-state index is 12.4. The van der Waals surface area contributed by atoms with Crippen LogP contribution in [-0.4, -0.2) is 20.8 Å². The highest BCUT2D eigenvalue weighted by Crippen LogP contribution is 2.24. The molecule has 0 aliphatic carbocycles. The number of fused-ring (bicyclic) bond motifs is 1. The van der Waals surface area contributed by atoms with E-state index in [4.69, 9.17) is 16.1 Å². The standard InChI is InChI=1S/C15H14ClN3O2/c1-10-9-13(18-21-10)14-11-5-2-3-6-12(11)15(20)19(17-14)8-4-7-16/h2-3,5-6,9H,4,7-8H2,1H3. The van der Waals surface area contributed by atoms with E-state index in [0.717, 1.165) is 5.39 Å². The van der Waals surface area contributed by atoms with Crippen LogP contribution in [0.2, 0.25) is 0 Å². The minimum Gasteiger partial charge on any atom is -0.361 e. The molecule has 5 nitrogen and oxygen atoms in total. The third-order valence-electron chi connectivity index (χ3n) is 3.24. The minimum atomic E-state index is -0.111. The largest absolute Gasteiger partial charge is 0.361 e. The summed E-state index contributed by atoms with van der Waals surface area (Å²) < 4.78 is 6.57. The second-order valence-corrected chi connectivity index (χ2v) is 5.17. The van der Waals surface area contributed by atoms with Crippen molar-refractivity contribution in [3.63, 3.8) is 0 Å². The van der Waals surface area contributed by atoms with Crippen LogP contribution in [0.4, 0.5) is 0 Å². The zero-order valence-corrected chi connectivity index (χ0v) is 12.3. The van der Waals surface area contributed by atoms with Gasteiger partial charge in [0.2, 0.25) is 0 Å². The molecule has 0 radical (unpaired) electrons. The Morgan fingerprint density at radius 3 is 2.71 bits per heavy atom. The lowest BCUT2D eigenvalue weighted by Gasteiger charge is -2.08. The lowest BCUT2D eigenvalue weighted by atomic mass is 10.1. The van der Waals surface area contributed by atoms with Gasteiger partial charge in [-0.1, -0.05) is 23.4 Å². The van der Waals surface area contributed by atoms with Gasteiger partial charge in [0.25, 0.3) is 5.56 Å². The average Bonchev–Trinajstić information content (AvgIpc) is 2.93. The Bertz CT molecular complexity index is 838. The number of nitrogens with zero attached hydrogens (tertiary/aromatic N) is 3. The first kappa shape index (κ1) is 13.8. The number of hydrogen-bond acceptors (Lipinski definition) is 4. The lowest BCUT2D eigenvalue weighted by molar-refractivity contribution is 0.399. The molecule has 1 aromatic carbocycles. The van der Waals surface area contributed by atoms with Crippen LogP contribution in [0.25, 0.3) is 22.2 Å². The Morgan fingerprint density at radius 2 is 2.05 bits per heavy atom. The lowest BCUT2D eigenvalue weighted by Crippen LogP contribution is -2.24. The Morgan fingerprint density at radius 1 is 1.29 bits per heavy atom. The highest BCUT2D eigenvalue weighted by molar-refractivity contribution is 6.17. The van der Waals surface area contributed by atoms with Crippen LogP contribution in [0, 0.1) is 6.92 Å². The van der Waals surface area contributed by atoms with Crippen LogP contribution in [0.15, 0.2) is 39.6 Å². The molecule has 0 bridgehead atoms. The number of rotatable bonds is 4. The van der Waals surface area contributed by atoms with E-state index in [2.05, 4.69) is 10.3 Å². The molecule has 2 aromatic heterocycles. The molecule has 21 heavy (non-hydrogen) atoms. The van der Waals surface area contributed by atoms with Crippen molar-refractivity contribution in [3.8, 4) is 11.4 Å². The first-order valence-corrected chi connectivity index (χ1v) is 7.23. The molecule has 3 aromatic rings. The summed E-state index contributed by atoms with van der Waals surface area (Å²) in [5, 5.41) is 9.85. The number of halogens is 1. The molecule has 3 rings (SSSR count). The van der Waals surface area contributed by atoms with E-state index in [-0.39, 0.29) is 5.56 Å². The summed E-state index contributed by atoms with van der Waals surface area (Å²) in [6.07, 6.45) is 0.685. The Balaban J connectivity index is 2.27. The molecule has 6 heteroatoms. The Hall–Kier alpha value is -2.14. The van der Waals surface area contributed by atoms with Crippen molar-refractivity contribution in [1.82, 2.24) is 14.9 Å². The molecule has 0 atom stereocenters. The van der Waals surface area contributed by atoms with Crippen molar-refractivity contribution in [2.45, 2.75) is 19.9 Å². The summed E-state index contributed by atoms with van der Waals surface area (Å²) in [5.74, 6) is 1.19. The van der Waals surface area contributed by atoms with Gasteiger partial charge in [-0.2, -0.15) is 5.10 Å². The number of aromatic nitrogens is 3. The van der Waals surface area contributed by atoms with Gasteiger partial charge in [-0.3, -0.25) is 4.79 Å². The second kappa shape index (κ2) is 5.69. The fraction of sp³-hybridized carbons (Fsp3) is 0.267. The van der Waals surface area contributed by atoms with Gasteiger partial charge in [0, 0.05) is 23.9 Å². The summed E-state index contributed by atoms with van der Waals surface area (Å²) in [7, 11) is 0. The van der Waals surface area contributed by atoms with Gasteiger partial charge in [-0.15, -0.1) is 11.6 Å². The van der Waals surface area contributed by atoms with Crippen LogP contribution in [0.3, 0.4) is 0 Å². The molecular formula is C15H14ClN3O2. The van der Waals surface area contributed by atoms with E-state index < -0.39 is 0 Å². The van der Waals surface area contributed by atoms with E-state index >= 15 is 0 Å². The van der Waals surface area contributed by atoms with Gasteiger partial charge < -0.3 is 4.52 Å². The smallest absolute Gasteiger partial charge is 0.274 e. The number of aryl methyl sites for hydroxylation is 2. The predicted molar refractivity (Wildman–Crippen MR) is 81.6 cm³/mol. The molecule has 0 saturated carbocycles. The summed E-state index contributed by atoms with van der Waals surface area (Å²) in [6, 6.07) is 9.20. The first-order chi connectivity index (χ1) is 10.2. The third kappa shape index (κ3) is 2.56. The normalized spacial score (nSPS) is 11.1. The topological polar surface area (TPSA) is 60.9 Å². The van der Waals surface area contributed by atoms with Crippen LogP contribution >= 0.6 is 11.6 Å². The summed E-state index contributed by atoms with van der Waals surface area (Å²) in [6.45, 7) is 2.30. The number of alkyl halides is 1. The maximum atomic E-state index is 12.4. The third-order valence-corrected chi connectivity index (χ3v) is 3.51. The molecule has 2 heterocycles. The fourth-order valence-electron chi connectivity index (χ4n) is 2.26. The molecular weight excluding hydrogens is 290 g/mol. The molecule has 0 spiro atoms. The van der Waals surface area contributed by atoms with Crippen molar-refractivity contribution < 1.29 is 4.52 Å². The van der Waals surface area contributed by atoms with Gasteiger partial charge in [0.15, 0.2) is 0 Å². The average molecular weight is 304 g/mol. The summed E-state index contributed by atoms with van der Waals surface area (Å²) in [5.41, 5.74) is 1.17. The summed E-state index contributed by atoms with van der Waals surface area (Å²) in [4.78, 5) is 12.4. The second-order valence-electron chi connectivity index (χ2n) is 4.79. The molecule has 0 unspecified atom stereocenters. The van der Waals surface area contributed by atoms with E-state index in [1.807, 2.05) is 31.2 Å². The SMILES string of the molecule is Cc1cc(-c2nn(CCCCl)c(=O)c3ccccc23)no1. The van der Waals surface area contributed by atoms with Gasteiger partial charge >= 0.3 is 0 Å². The Labute approximate surface area is 126 Å². The van der Waals surface area contributed by atoms with E-state index in [1.54, 1.807) is 6.07 Å². The highest BCUT2D eigenvalue weighted by Gasteiger charge is 2.14. The highest BCUT2D eigenvalue weighted by atomic mass is 35.5. The first-order valence-electron chi connectivity index (χ1n) is 6.70. The van der Waals surface area contributed by atoms with Crippen molar-refractivity contribution in [3.05, 3.63) is 46.4 Å².